The summed E-state index contributed by atoms with van der Waals surface area (Å²) in [5, 5.41) is 0. The lowest BCUT2D eigenvalue weighted by Gasteiger charge is -2.10. The molecular weight excluding hydrogens is 232 g/mol. The topological polar surface area (TPSA) is 9.23 Å². The van der Waals surface area contributed by atoms with Gasteiger partial charge in [-0.3, -0.25) is 0 Å². The highest BCUT2D eigenvalue weighted by molar-refractivity contribution is 6.17. The maximum absolute atomic E-state index is 5.78. The molecule has 0 amide bonds. The van der Waals surface area contributed by atoms with Gasteiger partial charge in [0.05, 0.1) is 0 Å². The summed E-state index contributed by atoms with van der Waals surface area (Å²) >= 11 is 5.78. The Hall–Kier alpha value is -1.47. The Kier molecular flexibility index (Phi) is 4.05. The van der Waals surface area contributed by atoms with Crippen LogP contribution < -0.4 is 4.74 Å². The van der Waals surface area contributed by atoms with E-state index in [4.69, 9.17) is 16.3 Å². The van der Waals surface area contributed by atoms with Crippen molar-refractivity contribution in [1.29, 1.82) is 0 Å². The van der Waals surface area contributed by atoms with Gasteiger partial charge in [0.15, 0.2) is 0 Å². The van der Waals surface area contributed by atoms with Gasteiger partial charge in [0.2, 0.25) is 0 Å². The summed E-state index contributed by atoms with van der Waals surface area (Å²) in [7, 11) is 0. The maximum Gasteiger partial charge on any atom is 0.122 e. The Morgan fingerprint density at radius 1 is 1.00 bits per heavy atom. The lowest BCUT2D eigenvalue weighted by molar-refractivity contribution is 0.304. The molecule has 0 aromatic heterocycles. The SMILES string of the molecule is Cc1cc(CCl)ccc1OCc1ccccc1. The molecule has 0 bridgehead atoms. The molecule has 17 heavy (non-hydrogen) atoms. The second-order valence-electron chi connectivity index (χ2n) is 4.01. The zero-order chi connectivity index (χ0) is 12.1. The van der Waals surface area contributed by atoms with Crippen molar-refractivity contribution >= 4 is 11.6 Å². The van der Waals surface area contributed by atoms with E-state index in [-0.39, 0.29) is 0 Å². The van der Waals surface area contributed by atoms with Crippen molar-refractivity contribution in [3.8, 4) is 5.75 Å². The van der Waals surface area contributed by atoms with Gasteiger partial charge in [-0.2, -0.15) is 0 Å². The Morgan fingerprint density at radius 2 is 1.76 bits per heavy atom. The van der Waals surface area contributed by atoms with Crippen molar-refractivity contribution < 1.29 is 4.74 Å². The minimum absolute atomic E-state index is 0.541. The van der Waals surface area contributed by atoms with E-state index in [0.717, 1.165) is 16.9 Å². The largest absolute Gasteiger partial charge is 0.489 e. The Morgan fingerprint density at radius 3 is 2.41 bits per heavy atom. The molecule has 2 aromatic carbocycles. The minimum Gasteiger partial charge on any atom is -0.489 e. The van der Waals surface area contributed by atoms with Gasteiger partial charge >= 0.3 is 0 Å². The molecule has 0 aliphatic heterocycles. The van der Waals surface area contributed by atoms with Crippen LogP contribution in [0.3, 0.4) is 0 Å². The van der Waals surface area contributed by atoms with Crippen LogP contribution >= 0.6 is 11.6 Å². The van der Waals surface area contributed by atoms with Gasteiger partial charge in [0, 0.05) is 5.88 Å². The van der Waals surface area contributed by atoms with Crippen LogP contribution in [0.25, 0.3) is 0 Å². The van der Waals surface area contributed by atoms with Gasteiger partial charge in [-0.25, -0.2) is 0 Å². The molecule has 0 radical (unpaired) electrons. The quantitative estimate of drug-likeness (QED) is 0.731. The summed E-state index contributed by atoms with van der Waals surface area (Å²) < 4.78 is 5.78. The van der Waals surface area contributed by atoms with Crippen molar-refractivity contribution in [2.75, 3.05) is 0 Å². The van der Waals surface area contributed by atoms with Gasteiger partial charge in [-0.1, -0.05) is 42.5 Å². The third-order valence-electron chi connectivity index (χ3n) is 2.63. The number of rotatable bonds is 4. The number of alkyl halides is 1. The van der Waals surface area contributed by atoms with Gasteiger partial charge in [0.1, 0.15) is 12.4 Å². The number of halogens is 1. The summed E-state index contributed by atoms with van der Waals surface area (Å²) in [6.07, 6.45) is 0. The fourth-order valence-electron chi connectivity index (χ4n) is 1.69. The number of hydrogen-bond donors (Lipinski definition) is 0. The fourth-order valence-corrected chi connectivity index (χ4v) is 1.86. The Labute approximate surface area is 107 Å². The molecule has 0 aliphatic rings. The summed E-state index contributed by atoms with van der Waals surface area (Å²) in [4.78, 5) is 0. The number of aryl methyl sites for hydroxylation is 1. The van der Waals surface area contributed by atoms with E-state index in [2.05, 4.69) is 18.2 Å². The van der Waals surface area contributed by atoms with Crippen molar-refractivity contribution in [3.63, 3.8) is 0 Å². The molecule has 0 N–H and O–H groups in total. The van der Waals surface area contributed by atoms with Gasteiger partial charge < -0.3 is 4.74 Å². The standard InChI is InChI=1S/C15H15ClO/c1-12-9-14(10-16)7-8-15(12)17-11-13-5-3-2-4-6-13/h2-9H,10-11H2,1H3. The van der Waals surface area contributed by atoms with Gasteiger partial charge in [-0.15, -0.1) is 11.6 Å². The van der Waals surface area contributed by atoms with E-state index in [1.54, 1.807) is 0 Å². The molecule has 0 fully saturated rings. The predicted octanol–water partition coefficient (Wildman–Crippen LogP) is 4.31. The Balaban J connectivity index is 2.04. The highest BCUT2D eigenvalue weighted by Gasteiger charge is 2.01. The zero-order valence-electron chi connectivity index (χ0n) is 9.82. The zero-order valence-corrected chi connectivity index (χ0v) is 10.6. The first-order valence-electron chi connectivity index (χ1n) is 5.62. The van der Waals surface area contributed by atoms with Crippen molar-refractivity contribution in [3.05, 3.63) is 65.2 Å². The number of benzene rings is 2. The lowest BCUT2D eigenvalue weighted by Crippen LogP contribution is -1.97. The monoisotopic (exact) mass is 246 g/mol. The van der Waals surface area contributed by atoms with E-state index in [0.29, 0.717) is 12.5 Å². The summed E-state index contributed by atoms with van der Waals surface area (Å²) in [5.74, 6) is 1.46. The van der Waals surface area contributed by atoms with Crippen LogP contribution in [0.5, 0.6) is 5.75 Å². The average molecular weight is 247 g/mol. The highest BCUT2D eigenvalue weighted by atomic mass is 35.5. The van der Waals surface area contributed by atoms with E-state index in [1.165, 1.54) is 5.56 Å². The first-order chi connectivity index (χ1) is 8.29. The molecule has 2 rings (SSSR count). The van der Waals surface area contributed by atoms with E-state index < -0.39 is 0 Å². The van der Waals surface area contributed by atoms with Crippen molar-refractivity contribution in [2.45, 2.75) is 19.4 Å². The summed E-state index contributed by atoms with van der Waals surface area (Å²) in [5.41, 5.74) is 3.42. The molecule has 0 atom stereocenters. The van der Waals surface area contributed by atoms with Crippen LogP contribution in [0.4, 0.5) is 0 Å². The van der Waals surface area contributed by atoms with Crippen LogP contribution in [0.1, 0.15) is 16.7 Å². The van der Waals surface area contributed by atoms with Crippen LogP contribution in [-0.4, -0.2) is 0 Å². The molecule has 0 heterocycles. The molecule has 2 heteroatoms. The van der Waals surface area contributed by atoms with E-state index in [1.807, 2.05) is 37.3 Å². The highest BCUT2D eigenvalue weighted by Crippen LogP contribution is 2.21. The maximum atomic E-state index is 5.78. The van der Waals surface area contributed by atoms with Crippen LogP contribution in [0, 0.1) is 6.92 Å². The summed E-state index contributed by atoms with van der Waals surface area (Å²) in [6, 6.07) is 16.2. The molecule has 0 spiro atoms. The van der Waals surface area contributed by atoms with E-state index >= 15 is 0 Å². The van der Waals surface area contributed by atoms with Crippen molar-refractivity contribution in [1.82, 2.24) is 0 Å². The fraction of sp³-hybridized carbons (Fsp3) is 0.200. The van der Waals surface area contributed by atoms with Gasteiger partial charge in [-0.05, 0) is 29.7 Å². The first-order valence-corrected chi connectivity index (χ1v) is 6.15. The van der Waals surface area contributed by atoms with E-state index in [9.17, 15) is 0 Å². The molecule has 0 saturated carbocycles. The minimum atomic E-state index is 0.541. The molecule has 0 saturated heterocycles. The predicted molar refractivity (Wildman–Crippen MR) is 71.5 cm³/mol. The third-order valence-corrected chi connectivity index (χ3v) is 2.94. The smallest absolute Gasteiger partial charge is 0.122 e. The molecule has 0 unspecified atom stereocenters. The third kappa shape index (κ3) is 3.24. The van der Waals surface area contributed by atoms with Crippen molar-refractivity contribution in [2.24, 2.45) is 0 Å². The molecule has 1 nitrogen and oxygen atoms in total. The van der Waals surface area contributed by atoms with Crippen LogP contribution in [0.2, 0.25) is 0 Å². The second kappa shape index (κ2) is 5.74. The molecule has 2 aromatic rings. The first kappa shape index (κ1) is 12.0. The van der Waals surface area contributed by atoms with Crippen LogP contribution in [-0.2, 0) is 12.5 Å². The number of ether oxygens (including phenoxy) is 1. The second-order valence-corrected chi connectivity index (χ2v) is 4.28. The summed E-state index contributed by atoms with van der Waals surface area (Å²) in [6.45, 7) is 2.64. The molecule has 0 aliphatic carbocycles. The normalized spacial score (nSPS) is 10.2. The Bertz CT molecular complexity index is 480. The molecule has 88 valence electrons. The molecular formula is C15H15ClO. The number of hydrogen-bond acceptors (Lipinski definition) is 1. The average Bonchev–Trinajstić information content (AvgIpc) is 2.38. The van der Waals surface area contributed by atoms with Gasteiger partial charge in [0.25, 0.3) is 0 Å². The lowest BCUT2D eigenvalue weighted by atomic mass is 10.1. The van der Waals surface area contributed by atoms with Crippen LogP contribution in [0.15, 0.2) is 48.5 Å².